The number of para-hydroxylation sites is 2. The van der Waals surface area contributed by atoms with E-state index >= 15 is 0 Å². The molecule has 2 rings (SSSR count). The van der Waals surface area contributed by atoms with Gasteiger partial charge in [0.2, 0.25) is 0 Å². The van der Waals surface area contributed by atoms with Crippen LogP contribution >= 0.6 is 15.9 Å². The maximum absolute atomic E-state index is 5.33. The zero-order valence-corrected chi connectivity index (χ0v) is 12.1. The van der Waals surface area contributed by atoms with Crippen LogP contribution in [0.2, 0.25) is 0 Å². The normalized spacial score (nSPS) is 11.9. The van der Waals surface area contributed by atoms with Crippen LogP contribution in [0.15, 0.2) is 53.0 Å². The minimum absolute atomic E-state index is 0.221. The van der Waals surface area contributed by atoms with Crippen molar-refractivity contribution in [2.75, 3.05) is 12.4 Å². The van der Waals surface area contributed by atoms with E-state index in [9.17, 15) is 0 Å². The Bertz CT molecular complexity index is 527. The number of halogens is 1. The molecule has 18 heavy (non-hydrogen) atoms. The molecule has 0 bridgehead atoms. The van der Waals surface area contributed by atoms with Crippen LogP contribution in [0.4, 0.5) is 5.69 Å². The second-order valence-corrected chi connectivity index (χ2v) is 5.04. The molecule has 1 N–H and O–H groups in total. The van der Waals surface area contributed by atoms with Crippen molar-refractivity contribution in [1.82, 2.24) is 0 Å². The first-order valence-corrected chi connectivity index (χ1v) is 6.65. The molecule has 0 amide bonds. The summed E-state index contributed by atoms with van der Waals surface area (Å²) >= 11 is 3.49. The first-order valence-electron chi connectivity index (χ1n) is 5.85. The van der Waals surface area contributed by atoms with Gasteiger partial charge in [-0.25, -0.2) is 0 Å². The van der Waals surface area contributed by atoms with E-state index in [4.69, 9.17) is 4.74 Å². The van der Waals surface area contributed by atoms with Crippen LogP contribution in [-0.4, -0.2) is 7.11 Å². The number of anilines is 1. The van der Waals surface area contributed by atoms with Crippen molar-refractivity contribution < 1.29 is 4.74 Å². The maximum atomic E-state index is 5.33. The average molecular weight is 306 g/mol. The number of rotatable bonds is 4. The van der Waals surface area contributed by atoms with E-state index in [0.717, 1.165) is 15.9 Å². The summed E-state index contributed by atoms with van der Waals surface area (Å²) in [6, 6.07) is 16.5. The highest BCUT2D eigenvalue weighted by atomic mass is 79.9. The first kappa shape index (κ1) is 13.0. The van der Waals surface area contributed by atoms with Gasteiger partial charge in [-0.15, -0.1) is 0 Å². The molecule has 1 unspecified atom stereocenters. The topological polar surface area (TPSA) is 21.3 Å². The van der Waals surface area contributed by atoms with Gasteiger partial charge in [0, 0.05) is 10.5 Å². The van der Waals surface area contributed by atoms with Crippen LogP contribution in [0.1, 0.15) is 18.5 Å². The highest BCUT2D eigenvalue weighted by Crippen LogP contribution is 2.28. The second kappa shape index (κ2) is 5.91. The largest absolute Gasteiger partial charge is 0.495 e. The van der Waals surface area contributed by atoms with E-state index in [1.165, 1.54) is 5.56 Å². The van der Waals surface area contributed by atoms with E-state index in [0.29, 0.717) is 0 Å². The summed E-state index contributed by atoms with van der Waals surface area (Å²) in [4.78, 5) is 0. The number of benzene rings is 2. The summed E-state index contributed by atoms with van der Waals surface area (Å²) in [7, 11) is 1.68. The molecule has 0 aliphatic heterocycles. The minimum atomic E-state index is 0.221. The smallest absolute Gasteiger partial charge is 0.141 e. The Morgan fingerprint density at radius 2 is 1.89 bits per heavy atom. The number of methoxy groups -OCH3 is 1. The molecule has 1 atom stereocenters. The summed E-state index contributed by atoms with van der Waals surface area (Å²) < 4.78 is 6.43. The van der Waals surface area contributed by atoms with Crippen LogP contribution in [0.5, 0.6) is 5.75 Å². The number of hydrogen-bond donors (Lipinski definition) is 1. The van der Waals surface area contributed by atoms with Gasteiger partial charge < -0.3 is 10.1 Å². The van der Waals surface area contributed by atoms with Crippen LogP contribution in [0.25, 0.3) is 0 Å². The lowest BCUT2D eigenvalue weighted by Gasteiger charge is -2.18. The van der Waals surface area contributed by atoms with Gasteiger partial charge in [0.05, 0.1) is 12.8 Å². The molecular weight excluding hydrogens is 290 g/mol. The second-order valence-electron chi connectivity index (χ2n) is 4.12. The van der Waals surface area contributed by atoms with E-state index in [1.54, 1.807) is 7.11 Å². The molecule has 0 aliphatic rings. The molecule has 0 aliphatic carbocycles. The zero-order chi connectivity index (χ0) is 13.0. The SMILES string of the molecule is COc1ccccc1NC(C)c1cccc(Br)c1. The Balaban J connectivity index is 2.18. The maximum Gasteiger partial charge on any atom is 0.141 e. The Morgan fingerprint density at radius 3 is 2.61 bits per heavy atom. The minimum Gasteiger partial charge on any atom is -0.495 e. The molecule has 0 fully saturated rings. The van der Waals surface area contributed by atoms with E-state index in [1.807, 2.05) is 36.4 Å². The summed E-state index contributed by atoms with van der Waals surface area (Å²) in [5.41, 5.74) is 2.24. The Morgan fingerprint density at radius 1 is 1.11 bits per heavy atom. The van der Waals surface area contributed by atoms with E-state index in [2.05, 4.69) is 40.3 Å². The molecule has 2 aromatic carbocycles. The van der Waals surface area contributed by atoms with Gasteiger partial charge in [-0.3, -0.25) is 0 Å². The summed E-state index contributed by atoms with van der Waals surface area (Å²) in [5, 5.41) is 3.46. The first-order chi connectivity index (χ1) is 8.70. The summed E-state index contributed by atoms with van der Waals surface area (Å²) in [5.74, 6) is 0.861. The lowest BCUT2D eigenvalue weighted by atomic mass is 10.1. The van der Waals surface area contributed by atoms with Gasteiger partial charge in [-0.2, -0.15) is 0 Å². The monoisotopic (exact) mass is 305 g/mol. The van der Waals surface area contributed by atoms with Gasteiger partial charge in [-0.1, -0.05) is 40.2 Å². The lowest BCUT2D eigenvalue weighted by Crippen LogP contribution is -2.07. The third-order valence-corrected chi connectivity index (χ3v) is 3.32. The van der Waals surface area contributed by atoms with Crippen LogP contribution < -0.4 is 10.1 Å². The lowest BCUT2D eigenvalue weighted by molar-refractivity contribution is 0.416. The van der Waals surface area contributed by atoms with Crippen LogP contribution in [0.3, 0.4) is 0 Å². The van der Waals surface area contributed by atoms with E-state index in [-0.39, 0.29) is 6.04 Å². The highest BCUT2D eigenvalue weighted by molar-refractivity contribution is 9.10. The summed E-state index contributed by atoms with van der Waals surface area (Å²) in [6.07, 6.45) is 0. The molecule has 0 saturated carbocycles. The molecule has 0 radical (unpaired) electrons. The van der Waals surface area contributed by atoms with E-state index < -0.39 is 0 Å². The fraction of sp³-hybridized carbons (Fsp3) is 0.200. The van der Waals surface area contributed by atoms with Crippen molar-refractivity contribution >= 4 is 21.6 Å². The van der Waals surface area contributed by atoms with Gasteiger partial charge in [0.15, 0.2) is 0 Å². The third kappa shape index (κ3) is 3.05. The van der Waals surface area contributed by atoms with Gasteiger partial charge in [0.1, 0.15) is 5.75 Å². The van der Waals surface area contributed by atoms with Crippen molar-refractivity contribution in [3.05, 3.63) is 58.6 Å². The molecular formula is C15H16BrNO. The van der Waals surface area contributed by atoms with Crippen molar-refractivity contribution in [3.8, 4) is 5.75 Å². The quantitative estimate of drug-likeness (QED) is 0.889. The van der Waals surface area contributed by atoms with Crippen molar-refractivity contribution in [2.24, 2.45) is 0 Å². The predicted octanol–water partition coefficient (Wildman–Crippen LogP) is 4.63. The highest BCUT2D eigenvalue weighted by Gasteiger charge is 2.08. The fourth-order valence-electron chi connectivity index (χ4n) is 1.86. The predicted molar refractivity (Wildman–Crippen MR) is 79.2 cm³/mol. The van der Waals surface area contributed by atoms with Crippen LogP contribution in [-0.2, 0) is 0 Å². The van der Waals surface area contributed by atoms with Gasteiger partial charge in [0.25, 0.3) is 0 Å². The number of hydrogen-bond acceptors (Lipinski definition) is 2. The molecule has 3 heteroatoms. The van der Waals surface area contributed by atoms with Gasteiger partial charge >= 0.3 is 0 Å². The zero-order valence-electron chi connectivity index (χ0n) is 10.5. The molecule has 0 heterocycles. The van der Waals surface area contributed by atoms with Crippen molar-refractivity contribution in [3.63, 3.8) is 0 Å². The average Bonchev–Trinajstić information content (AvgIpc) is 2.39. The van der Waals surface area contributed by atoms with Gasteiger partial charge in [-0.05, 0) is 36.8 Å². The van der Waals surface area contributed by atoms with Crippen molar-refractivity contribution in [1.29, 1.82) is 0 Å². The van der Waals surface area contributed by atoms with Crippen LogP contribution in [0, 0.1) is 0 Å². The Kier molecular flexibility index (Phi) is 4.26. The third-order valence-electron chi connectivity index (χ3n) is 2.83. The molecule has 94 valence electrons. The molecule has 2 aromatic rings. The molecule has 0 saturated heterocycles. The number of ether oxygens (including phenoxy) is 1. The number of nitrogens with one attached hydrogen (secondary N) is 1. The molecule has 0 aromatic heterocycles. The Labute approximate surface area is 116 Å². The standard InChI is InChI=1S/C15H16BrNO/c1-11(12-6-5-7-13(16)10-12)17-14-8-3-4-9-15(14)18-2/h3-11,17H,1-2H3. The van der Waals surface area contributed by atoms with Crippen molar-refractivity contribution in [2.45, 2.75) is 13.0 Å². The Hall–Kier alpha value is -1.48. The fourth-order valence-corrected chi connectivity index (χ4v) is 2.27. The molecule has 2 nitrogen and oxygen atoms in total. The molecule has 0 spiro atoms. The summed E-state index contributed by atoms with van der Waals surface area (Å²) in [6.45, 7) is 2.13.